The van der Waals surface area contributed by atoms with Crippen LogP contribution in [0.25, 0.3) is 17.2 Å². The quantitative estimate of drug-likeness (QED) is 0.578. The SMILES string of the molecule is COc1cc(C=CC(=O)O)ccc1OCCn1c(=O)c2c(ncn2C)n(C)c1=O. The minimum absolute atomic E-state index is 0.0381. The zero-order valence-electron chi connectivity index (χ0n) is 16.2. The monoisotopic (exact) mass is 400 g/mol. The second-order valence-electron chi connectivity index (χ2n) is 6.26. The predicted molar refractivity (Wildman–Crippen MR) is 105 cm³/mol. The predicted octanol–water partition coefficient (Wildman–Crippen LogP) is 0.619. The number of hydrogen-bond acceptors (Lipinski definition) is 6. The normalized spacial score (nSPS) is 11.3. The summed E-state index contributed by atoms with van der Waals surface area (Å²) in [5.41, 5.74) is 0.368. The van der Waals surface area contributed by atoms with Gasteiger partial charge in [-0.15, -0.1) is 0 Å². The van der Waals surface area contributed by atoms with Gasteiger partial charge in [0.25, 0.3) is 5.56 Å². The molecular weight excluding hydrogens is 380 g/mol. The average Bonchev–Trinajstić information content (AvgIpc) is 3.09. The highest BCUT2D eigenvalue weighted by Crippen LogP contribution is 2.28. The van der Waals surface area contributed by atoms with Gasteiger partial charge in [-0.05, 0) is 23.8 Å². The molecule has 0 unspecified atom stereocenters. The van der Waals surface area contributed by atoms with E-state index in [2.05, 4.69) is 4.98 Å². The molecule has 0 fully saturated rings. The Morgan fingerprint density at radius 3 is 2.69 bits per heavy atom. The highest BCUT2D eigenvalue weighted by atomic mass is 16.5. The third kappa shape index (κ3) is 3.91. The van der Waals surface area contributed by atoms with Gasteiger partial charge in [-0.25, -0.2) is 14.6 Å². The number of aryl methyl sites for hydroxylation is 2. The molecule has 152 valence electrons. The van der Waals surface area contributed by atoms with Gasteiger partial charge in [0.1, 0.15) is 6.61 Å². The lowest BCUT2D eigenvalue weighted by Gasteiger charge is -2.13. The van der Waals surface area contributed by atoms with Crippen LogP contribution in [0.15, 0.2) is 40.2 Å². The van der Waals surface area contributed by atoms with Crippen LogP contribution in [0.1, 0.15) is 5.56 Å². The summed E-state index contributed by atoms with van der Waals surface area (Å²) in [6, 6.07) is 4.93. The molecule has 0 aliphatic rings. The molecule has 0 amide bonds. The Kier molecular flexibility index (Phi) is 5.53. The van der Waals surface area contributed by atoms with Crippen molar-refractivity contribution in [2.75, 3.05) is 13.7 Å². The molecule has 3 rings (SSSR count). The molecular formula is C19H20N4O6. The molecule has 10 nitrogen and oxygen atoms in total. The molecule has 0 atom stereocenters. The van der Waals surface area contributed by atoms with Crippen LogP contribution in [0.3, 0.4) is 0 Å². The Balaban J connectivity index is 1.82. The summed E-state index contributed by atoms with van der Waals surface area (Å²) in [5.74, 6) is -0.243. The zero-order valence-corrected chi connectivity index (χ0v) is 16.2. The summed E-state index contributed by atoms with van der Waals surface area (Å²) in [4.78, 5) is 39.9. The fourth-order valence-electron chi connectivity index (χ4n) is 2.91. The lowest BCUT2D eigenvalue weighted by atomic mass is 10.2. The van der Waals surface area contributed by atoms with Gasteiger partial charge >= 0.3 is 11.7 Å². The summed E-state index contributed by atoms with van der Waals surface area (Å²) in [5, 5.41) is 8.71. The number of aliphatic carboxylic acids is 1. The Morgan fingerprint density at radius 2 is 2.00 bits per heavy atom. The van der Waals surface area contributed by atoms with E-state index in [9.17, 15) is 14.4 Å². The van der Waals surface area contributed by atoms with E-state index >= 15 is 0 Å². The van der Waals surface area contributed by atoms with Gasteiger partial charge in [0.2, 0.25) is 0 Å². The van der Waals surface area contributed by atoms with Gasteiger partial charge in [-0.1, -0.05) is 6.07 Å². The molecule has 1 N–H and O–H groups in total. The first kappa shape index (κ1) is 19.9. The first-order chi connectivity index (χ1) is 13.8. The third-order valence-corrected chi connectivity index (χ3v) is 4.38. The lowest BCUT2D eigenvalue weighted by molar-refractivity contribution is -0.131. The van der Waals surface area contributed by atoms with E-state index in [1.165, 1.54) is 24.1 Å². The maximum atomic E-state index is 12.7. The smallest absolute Gasteiger partial charge is 0.332 e. The van der Waals surface area contributed by atoms with Crippen molar-refractivity contribution < 1.29 is 19.4 Å². The van der Waals surface area contributed by atoms with Crippen LogP contribution in [-0.2, 0) is 25.4 Å². The molecule has 0 radical (unpaired) electrons. The Hall–Kier alpha value is -3.82. The third-order valence-electron chi connectivity index (χ3n) is 4.38. The van der Waals surface area contributed by atoms with Crippen molar-refractivity contribution in [2.24, 2.45) is 14.1 Å². The second-order valence-corrected chi connectivity index (χ2v) is 6.26. The fourth-order valence-corrected chi connectivity index (χ4v) is 2.91. The number of aromatic nitrogens is 4. The minimum Gasteiger partial charge on any atom is -0.493 e. The maximum Gasteiger partial charge on any atom is 0.332 e. The average molecular weight is 400 g/mol. The van der Waals surface area contributed by atoms with Gasteiger partial charge in [-0.3, -0.25) is 13.9 Å². The molecule has 0 saturated heterocycles. The van der Waals surface area contributed by atoms with Crippen molar-refractivity contribution in [3.8, 4) is 11.5 Å². The number of ether oxygens (including phenoxy) is 2. The number of carboxylic acid groups (broad SMARTS) is 1. The Morgan fingerprint density at radius 1 is 1.24 bits per heavy atom. The summed E-state index contributed by atoms with van der Waals surface area (Å²) in [6.45, 7) is 0.0929. The van der Waals surface area contributed by atoms with Gasteiger partial charge in [0.15, 0.2) is 22.7 Å². The minimum atomic E-state index is -1.05. The Bertz CT molecular complexity index is 1220. The van der Waals surface area contributed by atoms with E-state index in [-0.39, 0.29) is 13.2 Å². The largest absolute Gasteiger partial charge is 0.493 e. The van der Waals surface area contributed by atoms with Crippen molar-refractivity contribution in [1.82, 2.24) is 18.7 Å². The van der Waals surface area contributed by atoms with Crippen LogP contribution in [0, 0.1) is 0 Å². The van der Waals surface area contributed by atoms with Crippen LogP contribution in [-0.4, -0.2) is 43.5 Å². The van der Waals surface area contributed by atoms with E-state index < -0.39 is 17.2 Å². The van der Waals surface area contributed by atoms with Crippen LogP contribution >= 0.6 is 0 Å². The molecule has 0 saturated carbocycles. The second kappa shape index (κ2) is 8.05. The molecule has 1 aromatic carbocycles. The van der Waals surface area contributed by atoms with Gasteiger partial charge in [0, 0.05) is 20.2 Å². The number of carbonyl (C=O) groups is 1. The van der Waals surface area contributed by atoms with Crippen LogP contribution in [0.5, 0.6) is 11.5 Å². The van der Waals surface area contributed by atoms with Crippen LogP contribution < -0.4 is 20.7 Å². The summed E-state index contributed by atoms with van der Waals surface area (Å²) in [6.07, 6.45) is 3.94. The maximum absolute atomic E-state index is 12.7. The van der Waals surface area contributed by atoms with Crippen molar-refractivity contribution >= 4 is 23.2 Å². The lowest BCUT2D eigenvalue weighted by Crippen LogP contribution is -2.40. The molecule has 3 aromatic rings. The molecule has 2 aromatic heterocycles. The number of imidazole rings is 1. The summed E-state index contributed by atoms with van der Waals surface area (Å²) >= 11 is 0. The standard InChI is InChI=1S/C19H20N4O6/c1-21-11-20-17-16(21)18(26)23(19(27)22(17)2)8-9-29-13-6-4-12(5-7-15(24)25)10-14(13)28-3/h4-7,10-11H,8-9H2,1-3H3,(H,24,25). The first-order valence-electron chi connectivity index (χ1n) is 8.66. The first-order valence-corrected chi connectivity index (χ1v) is 8.66. The van der Waals surface area contributed by atoms with E-state index in [0.717, 1.165) is 10.6 Å². The molecule has 0 bridgehead atoms. The number of hydrogen-bond donors (Lipinski definition) is 1. The van der Waals surface area contributed by atoms with E-state index in [1.54, 1.807) is 36.9 Å². The number of methoxy groups -OCH3 is 1. The van der Waals surface area contributed by atoms with Gasteiger partial charge in [0.05, 0.1) is 20.0 Å². The van der Waals surface area contributed by atoms with E-state index in [4.69, 9.17) is 14.6 Å². The molecule has 0 aliphatic heterocycles. The topological polar surface area (TPSA) is 118 Å². The van der Waals surface area contributed by atoms with Gasteiger partial charge < -0.3 is 19.1 Å². The van der Waals surface area contributed by atoms with Crippen molar-refractivity contribution in [1.29, 1.82) is 0 Å². The zero-order chi connectivity index (χ0) is 21.1. The molecule has 0 aliphatic carbocycles. The van der Waals surface area contributed by atoms with Crippen LogP contribution in [0.2, 0.25) is 0 Å². The van der Waals surface area contributed by atoms with E-state index in [0.29, 0.717) is 28.2 Å². The molecule has 2 heterocycles. The summed E-state index contributed by atoms with van der Waals surface area (Å²) in [7, 11) is 4.71. The number of rotatable bonds is 7. The number of fused-ring (bicyclic) bond motifs is 1. The van der Waals surface area contributed by atoms with Crippen molar-refractivity contribution in [2.45, 2.75) is 6.54 Å². The number of nitrogens with zero attached hydrogens (tertiary/aromatic N) is 4. The number of carboxylic acids is 1. The highest BCUT2D eigenvalue weighted by molar-refractivity contribution is 5.85. The molecule has 0 spiro atoms. The molecule has 10 heteroatoms. The Labute approximate surface area is 164 Å². The molecule has 29 heavy (non-hydrogen) atoms. The highest BCUT2D eigenvalue weighted by Gasteiger charge is 2.15. The van der Waals surface area contributed by atoms with Crippen molar-refractivity contribution in [3.63, 3.8) is 0 Å². The van der Waals surface area contributed by atoms with Gasteiger partial charge in [-0.2, -0.15) is 0 Å². The van der Waals surface area contributed by atoms with Crippen molar-refractivity contribution in [3.05, 3.63) is 57.0 Å². The fraction of sp³-hybridized carbons (Fsp3) is 0.263. The number of benzene rings is 1. The van der Waals surface area contributed by atoms with E-state index in [1.807, 2.05) is 0 Å². The van der Waals surface area contributed by atoms with Crippen LogP contribution in [0.4, 0.5) is 0 Å². The summed E-state index contributed by atoms with van der Waals surface area (Å²) < 4.78 is 15.0.